The normalized spacial score (nSPS) is 9.83. The van der Waals surface area contributed by atoms with Crippen molar-refractivity contribution < 1.29 is 19.1 Å². The van der Waals surface area contributed by atoms with Crippen LogP contribution in [0.15, 0.2) is 23.3 Å². The van der Waals surface area contributed by atoms with Crippen LogP contribution in [0.25, 0.3) is 0 Å². The monoisotopic (exact) mass is 253 g/mol. The molecule has 1 heterocycles. The number of oxazole rings is 1. The molecule has 0 aliphatic rings. The quantitative estimate of drug-likeness (QED) is 0.730. The molecule has 1 rings (SSSR count). The molecule has 0 saturated carbocycles. The van der Waals surface area contributed by atoms with Gasteiger partial charge >= 0.3 is 12.0 Å². The molecule has 0 atom stereocenters. The summed E-state index contributed by atoms with van der Waals surface area (Å²) in [5, 5.41) is 11.2. The average Bonchev–Trinajstić information content (AvgIpc) is 2.71. The van der Waals surface area contributed by atoms with Crippen LogP contribution in [0.4, 0.5) is 4.79 Å². The first-order valence-corrected chi connectivity index (χ1v) is 5.29. The van der Waals surface area contributed by atoms with Crippen molar-refractivity contribution in [1.82, 2.24) is 15.2 Å². The van der Waals surface area contributed by atoms with Crippen LogP contribution in [0.3, 0.4) is 0 Å². The van der Waals surface area contributed by atoms with E-state index < -0.39 is 12.0 Å². The van der Waals surface area contributed by atoms with E-state index in [0.29, 0.717) is 11.7 Å². The molecule has 0 saturated heterocycles. The Morgan fingerprint density at radius 3 is 2.89 bits per heavy atom. The number of carboxylic acid groups (broad SMARTS) is 1. The second-order valence-electron chi connectivity index (χ2n) is 3.59. The summed E-state index contributed by atoms with van der Waals surface area (Å²) in [4.78, 5) is 27.3. The highest BCUT2D eigenvalue weighted by molar-refractivity contribution is 5.80. The maximum absolute atomic E-state index is 11.7. The van der Waals surface area contributed by atoms with E-state index in [1.807, 2.05) is 0 Å². The van der Waals surface area contributed by atoms with Gasteiger partial charge in [0, 0.05) is 6.54 Å². The molecule has 2 amide bonds. The highest BCUT2D eigenvalue weighted by atomic mass is 16.4. The first-order chi connectivity index (χ1) is 8.52. The Bertz CT molecular complexity index is 441. The maximum atomic E-state index is 11.7. The van der Waals surface area contributed by atoms with E-state index in [0.717, 1.165) is 4.90 Å². The van der Waals surface area contributed by atoms with Gasteiger partial charge in [0.1, 0.15) is 12.3 Å². The topological polar surface area (TPSA) is 95.7 Å². The SMILES string of the molecule is C=CCN(CC(=O)O)C(=O)NCc1ncc(C)o1. The van der Waals surface area contributed by atoms with E-state index >= 15 is 0 Å². The van der Waals surface area contributed by atoms with E-state index in [9.17, 15) is 9.59 Å². The predicted octanol–water partition coefficient (Wildman–Crippen LogP) is 0.765. The van der Waals surface area contributed by atoms with Crippen molar-refractivity contribution >= 4 is 12.0 Å². The first-order valence-electron chi connectivity index (χ1n) is 5.29. The number of hydrogen-bond donors (Lipinski definition) is 2. The Morgan fingerprint density at radius 2 is 2.39 bits per heavy atom. The minimum Gasteiger partial charge on any atom is -0.480 e. The van der Waals surface area contributed by atoms with E-state index in [1.54, 1.807) is 13.1 Å². The second kappa shape index (κ2) is 6.43. The highest BCUT2D eigenvalue weighted by Gasteiger charge is 2.15. The molecule has 0 unspecified atom stereocenters. The zero-order valence-corrected chi connectivity index (χ0v) is 10.0. The largest absolute Gasteiger partial charge is 0.480 e. The number of urea groups is 1. The molecule has 0 aliphatic heterocycles. The summed E-state index contributed by atoms with van der Waals surface area (Å²) < 4.78 is 5.17. The lowest BCUT2D eigenvalue weighted by atomic mass is 10.4. The van der Waals surface area contributed by atoms with E-state index in [2.05, 4.69) is 16.9 Å². The fourth-order valence-corrected chi connectivity index (χ4v) is 1.28. The molecule has 0 bridgehead atoms. The minimum absolute atomic E-state index is 0.111. The van der Waals surface area contributed by atoms with Gasteiger partial charge in [-0.15, -0.1) is 6.58 Å². The first kappa shape index (κ1) is 13.8. The molecule has 0 aromatic carbocycles. The third kappa shape index (κ3) is 4.28. The lowest BCUT2D eigenvalue weighted by molar-refractivity contribution is -0.137. The van der Waals surface area contributed by atoms with Crippen molar-refractivity contribution in [1.29, 1.82) is 0 Å². The Labute approximate surface area is 104 Å². The van der Waals surface area contributed by atoms with Gasteiger partial charge in [-0.1, -0.05) is 6.08 Å². The van der Waals surface area contributed by atoms with Gasteiger partial charge in [0.25, 0.3) is 0 Å². The van der Waals surface area contributed by atoms with Crippen molar-refractivity contribution in [3.63, 3.8) is 0 Å². The highest BCUT2D eigenvalue weighted by Crippen LogP contribution is 2.01. The summed E-state index contributed by atoms with van der Waals surface area (Å²) in [6.45, 7) is 5.09. The third-order valence-corrected chi connectivity index (χ3v) is 2.02. The average molecular weight is 253 g/mol. The van der Waals surface area contributed by atoms with Crippen molar-refractivity contribution in [2.75, 3.05) is 13.1 Å². The number of nitrogens with one attached hydrogen (secondary N) is 1. The van der Waals surface area contributed by atoms with Gasteiger partial charge in [-0.2, -0.15) is 0 Å². The third-order valence-electron chi connectivity index (χ3n) is 2.02. The second-order valence-corrected chi connectivity index (χ2v) is 3.59. The lowest BCUT2D eigenvalue weighted by Crippen LogP contribution is -2.42. The van der Waals surface area contributed by atoms with Gasteiger partial charge in [0.2, 0.25) is 5.89 Å². The Morgan fingerprint density at radius 1 is 1.67 bits per heavy atom. The zero-order valence-electron chi connectivity index (χ0n) is 10.0. The van der Waals surface area contributed by atoms with Crippen molar-refractivity contribution in [2.45, 2.75) is 13.5 Å². The van der Waals surface area contributed by atoms with Crippen LogP contribution in [0.2, 0.25) is 0 Å². The lowest BCUT2D eigenvalue weighted by Gasteiger charge is -2.18. The fourth-order valence-electron chi connectivity index (χ4n) is 1.28. The summed E-state index contributed by atoms with van der Waals surface area (Å²) in [6, 6.07) is -0.506. The van der Waals surface area contributed by atoms with Gasteiger partial charge in [0.05, 0.1) is 12.7 Å². The number of carboxylic acids is 1. The van der Waals surface area contributed by atoms with E-state index in [1.165, 1.54) is 6.08 Å². The van der Waals surface area contributed by atoms with Gasteiger partial charge in [-0.05, 0) is 6.92 Å². The van der Waals surface area contributed by atoms with Crippen LogP contribution in [-0.4, -0.2) is 40.1 Å². The molecule has 0 spiro atoms. The number of aryl methyl sites for hydroxylation is 1. The van der Waals surface area contributed by atoms with Crippen LogP contribution < -0.4 is 5.32 Å². The number of amides is 2. The van der Waals surface area contributed by atoms with Gasteiger partial charge in [0.15, 0.2) is 0 Å². The molecule has 7 heteroatoms. The Hall–Kier alpha value is -2.31. The van der Waals surface area contributed by atoms with Crippen LogP contribution >= 0.6 is 0 Å². The molecule has 1 aromatic heterocycles. The number of nitrogens with zero attached hydrogens (tertiary/aromatic N) is 2. The van der Waals surface area contributed by atoms with Crippen LogP contribution in [0.5, 0.6) is 0 Å². The van der Waals surface area contributed by atoms with Crippen LogP contribution in [0, 0.1) is 6.92 Å². The number of carbonyl (C=O) groups is 2. The van der Waals surface area contributed by atoms with Crippen LogP contribution in [-0.2, 0) is 11.3 Å². The van der Waals surface area contributed by atoms with E-state index in [-0.39, 0.29) is 19.6 Å². The molecule has 0 aliphatic carbocycles. The molecular formula is C11H15N3O4. The molecule has 7 nitrogen and oxygen atoms in total. The van der Waals surface area contributed by atoms with E-state index in [4.69, 9.17) is 9.52 Å². The zero-order chi connectivity index (χ0) is 13.5. The van der Waals surface area contributed by atoms with Crippen molar-refractivity contribution in [2.24, 2.45) is 0 Å². The molecule has 1 aromatic rings. The summed E-state index contributed by atoms with van der Waals surface area (Å²) in [5.41, 5.74) is 0. The molecule has 0 fully saturated rings. The molecule has 2 N–H and O–H groups in total. The molecule has 98 valence electrons. The summed E-state index contributed by atoms with van der Waals surface area (Å²) in [6.07, 6.45) is 3.00. The number of aliphatic carboxylic acids is 1. The smallest absolute Gasteiger partial charge is 0.323 e. The number of hydrogen-bond acceptors (Lipinski definition) is 4. The Balaban J connectivity index is 2.50. The fraction of sp³-hybridized carbons (Fsp3) is 0.364. The van der Waals surface area contributed by atoms with Crippen LogP contribution in [0.1, 0.15) is 11.7 Å². The summed E-state index contributed by atoms with van der Waals surface area (Å²) >= 11 is 0. The summed E-state index contributed by atoms with van der Waals surface area (Å²) in [5.74, 6) is -0.0681. The van der Waals surface area contributed by atoms with Gasteiger partial charge in [-0.25, -0.2) is 9.78 Å². The predicted molar refractivity (Wildman–Crippen MR) is 62.9 cm³/mol. The number of carbonyl (C=O) groups excluding carboxylic acids is 1. The maximum Gasteiger partial charge on any atom is 0.323 e. The van der Waals surface area contributed by atoms with Crippen molar-refractivity contribution in [3.05, 3.63) is 30.5 Å². The van der Waals surface area contributed by atoms with Crippen molar-refractivity contribution in [3.8, 4) is 0 Å². The molecule has 0 radical (unpaired) electrons. The number of aromatic nitrogens is 1. The molecular weight excluding hydrogens is 238 g/mol. The minimum atomic E-state index is -1.08. The number of rotatable bonds is 6. The Kier molecular flexibility index (Phi) is 4.91. The summed E-state index contributed by atoms with van der Waals surface area (Å²) in [7, 11) is 0. The van der Waals surface area contributed by atoms with Gasteiger partial charge in [-0.3, -0.25) is 4.79 Å². The standard InChI is InChI=1S/C11H15N3O4/c1-3-4-14(7-10(15)16)11(17)13-6-9-12-5-8(2)18-9/h3,5H,1,4,6-7H2,2H3,(H,13,17)(H,15,16). The van der Waals surface area contributed by atoms with Gasteiger partial charge < -0.3 is 19.7 Å². The molecule has 18 heavy (non-hydrogen) atoms.